The molecule has 1 N–H and O–H groups in total. The van der Waals surface area contributed by atoms with Gasteiger partial charge in [-0.2, -0.15) is 0 Å². The summed E-state index contributed by atoms with van der Waals surface area (Å²) in [7, 11) is 1.94. The highest BCUT2D eigenvalue weighted by Gasteiger charge is 1.95. The Morgan fingerprint density at radius 1 is 1.33 bits per heavy atom. The topological polar surface area (TPSA) is 12.0 Å². The van der Waals surface area contributed by atoms with Crippen LogP contribution in [-0.2, 0) is 0 Å². The molecule has 64 valence electrons. The lowest BCUT2D eigenvalue weighted by atomic mass is 10.1. The molecule has 0 unspecified atom stereocenters. The monoisotopic (exact) mass is 161 g/mol. The second kappa shape index (κ2) is 3.96. The maximum atomic E-state index is 3.16. The maximum absolute atomic E-state index is 3.16. The van der Waals surface area contributed by atoms with Crippen molar-refractivity contribution in [2.45, 2.75) is 13.8 Å². The molecule has 0 aliphatic rings. The van der Waals surface area contributed by atoms with E-state index in [4.69, 9.17) is 0 Å². The highest BCUT2D eigenvalue weighted by Crippen LogP contribution is 2.17. The van der Waals surface area contributed by atoms with E-state index in [2.05, 4.69) is 42.6 Å². The Kier molecular flexibility index (Phi) is 2.92. The molecule has 0 aliphatic heterocycles. The Balaban J connectivity index is 3.12. The van der Waals surface area contributed by atoms with Crippen LogP contribution in [0.4, 0.5) is 5.69 Å². The van der Waals surface area contributed by atoms with Crippen LogP contribution in [-0.4, -0.2) is 7.05 Å². The highest BCUT2D eigenvalue weighted by molar-refractivity contribution is 5.66. The normalized spacial score (nSPS) is 10.6. The third kappa shape index (κ3) is 1.88. The van der Waals surface area contributed by atoms with E-state index in [0.29, 0.717) is 0 Å². The fourth-order valence-corrected chi connectivity index (χ4v) is 1.23. The summed E-state index contributed by atoms with van der Waals surface area (Å²) in [4.78, 5) is 0. The van der Waals surface area contributed by atoms with Crippen molar-refractivity contribution in [2.24, 2.45) is 0 Å². The molecule has 1 aromatic rings. The summed E-state index contributed by atoms with van der Waals surface area (Å²) < 4.78 is 0. The molecule has 0 heterocycles. The third-order valence-corrected chi connectivity index (χ3v) is 1.82. The fourth-order valence-electron chi connectivity index (χ4n) is 1.23. The maximum Gasteiger partial charge on any atom is 0.0411 e. The summed E-state index contributed by atoms with van der Waals surface area (Å²) in [6.45, 7) is 4.13. The van der Waals surface area contributed by atoms with E-state index in [1.165, 1.54) is 16.8 Å². The van der Waals surface area contributed by atoms with E-state index in [-0.39, 0.29) is 0 Å². The average Bonchev–Trinajstić information content (AvgIpc) is 2.05. The smallest absolute Gasteiger partial charge is 0.0411 e. The van der Waals surface area contributed by atoms with Crippen LogP contribution in [0.5, 0.6) is 0 Å². The van der Waals surface area contributed by atoms with Crippen LogP contribution in [0, 0.1) is 6.92 Å². The van der Waals surface area contributed by atoms with Crippen LogP contribution in [0.2, 0.25) is 0 Å². The number of rotatable bonds is 2. The zero-order valence-electron chi connectivity index (χ0n) is 7.89. The van der Waals surface area contributed by atoms with E-state index in [9.17, 15) is 0 Å². The van der Waals surface area contributed by atoms with Crippen molar-refractivity contribution in [3.8, 4) is 0 Å². The summed E-state index contributed by atoms with van der Waals surface area (Å²) in [6.07, 6.45) is 4.16. The molecule has 0 amide bonds. The average molecular weight is 161 g/mol. The highest BCUT2D eigenvalue weighted by atomic mass is 14.8. The molecule has 0 spiro atoms. The van der Waals surface area contributed by atoms with E-state index in [1.807, 2.05) is 14.0 Å². The Bertz CT molecular complexity index is 287. The van der Waals surface area contributed by atoms with Crippen LogP contribution in [0.1, 0.15) is 18.1 Å². The van der Waals surface area contributed by atoms with E-state index in [0.717, 1.165) is 0 Å². The Morgan fingerprint density at radius 2 is 2.08 bits per heavy atom. The van der Waals surface area contributed by atoms with Gasteiger partial charge in [0.1, 0.15) is 0 Å². The van der Waals surface area contributed by atoms with Crippen molar-refractivity contribution in [2.75, 3.05) is 12.4 Å². The molecule has 0 saturated heterocycles. The van der Waals surface area contributed by atoms with Gasteiger partial charge in [-0.3, -0.25) is 0 Å². The van der Waals surface area contributed by atoms with Crippen LogP contribution in [0.15, 0.2) is 24.3 Å². The van der Waals surface area contributed by atoms with Gasteiger partial charge in [-0.15, -0.1) is 0 Å². The fraction of sp³-hybridized carbons (Fsp3) is 0.273. The van der Waals surface area contributed by atoms with Gasteiger partial charge in [0.05, 0.1) is 0 Å². The Labute approximate surface area is 74.1 Å². The zero-order valence-corrected chi connectivity index (χ0v) is 7.89. The summed E-state index contributed by atoms with van der Waals surface area (Å²) in [6, 6.07) is 6.38. The minimum absolute atomic E-state index is 1.18. The molecule has 0 bridgehead atoms. The Morgan fingerprint density at radius 3 is 2.67 bits per heavy atom. The molecule has 0 saturated carbocycles. The molecule has 0 aliphatic carbocycles. The predicted molar refractivity (Wildman–Crippen MR) is 55.4 cm³/mol. The lowest BCUT2D eigenvalue weighted by Crippen LogP contribution is -1.91. The van der Waals surface area contributed by atoms with Gasteiger partial charge in [-0.25, -0.2) is 0 Å². The second-order valence-electron chi connectivity index (χ2n) is 2.84. The van der Waals surface area contributed by atoms with Gasteiger partial charge in [0.25, 0.3) is 0 Å². The molecule has 1 nitrogen and oxygen atoms in total. The van der Waals surface area contributed by atoms with Crippen molar-refractivity contribution in [1.29, 1.82) is 0 Å². The summed E-state index contributed by atoms with van der Waals surface area (Å²) in [5.41, 5.74) is 3.72. The van der Waals surface area contributed by atoms with Gasteiger partial charge in [-0.1, -0.05) is 23.8 Å². The van der Waals surface area contributed by atoms with Crippen molar-refractivity contribution < 1.29 is 0 Å². The van der Waals surface area contributed by atoms with Crippen molar-refractivity contribution in [3.05, 3.63) is 35.4 Å². The molecule has 1 aromatic carbocycles. The van der Waals surface area contributed by atoms with Crippen LogP contribution < -0.4 is 5.32 Å². The lowest BCUT2D eigenvalue weighted by molar-refractivity contribution is 1.42. The molecule has 12 heavy (non-hydrogen) atoms. The SMILES string of the molecule is C/C=C/c1cc(C)ccc1NC. The molecule has 1 heteroatoms. The molecule has 0 atom stereocenters. The van der Waals surface area contributed by atoms with Gasteiger partial charge >= 0.3 is 0 Å². The summed E-state index contributed by atoms with van der Waals surface area (Å²) in [5, 5.41) is 3.16. The van der Waals surface area contributed by atoms with Gasteiger partial charge in [0, 0.05) is 12.7 Å². The summed E-state index contributed by atoms with van der Waals surface area (Å²) >= 11 is 0. The first-order chi connectivity index (χ1) is 5.77. The largest absolute Gasteiger partial charge is 0.388 e. The minimum Gasteiger partial charge on any atom is -0.388 e. The Hall–Kier alpha value is -1.24. The molecular formula is C11H15N. The standard InChI is InChI=1S/C11H15N/c1-4-5-10-8-9(2)6-7-11(10)12-3/h4-8,12H,1-3H3/b5-4+. The van der Waals surface area contributed by atoms with Gasteiger partial charge < -0.3 is 5.32 Å². The molecule has 1 rings (SSSR count). The first-order valence-electron chi connectivity index (χ1n) is 4.19. The van der Waals surface area contributed by atoms with E-state index >= 15 is 0 Å². The number of hydrogen-bond donors (Lipinski definition) is 1. The third-order valence-electron chi connectivity index (χ3n) is 1.82. The number of allylic oxidation sites excluding steroid dienone is 1. The number of benzene rings is 1. The number of nitrogens with one attached hydrogen (secondary N) is 1. The van der Waals surface area contributed by atoms with Crippen LogP contribution >= 0.6 is 0 Å². The van der Waals surface area contributed by atoms with Gasteiger partial charge in [0.15, 0.2) is 0 Å². The number of hydrogen-bond acceptors (Lipinski definition) is 1. The van der Waals surface area contributed by atoms with Crippen molar-refractivity contribution in [3.63, 3.8) is 0 Å². The molecule has 0 aromatic heterocycles. The second-order valence-corrected chi connectivity index (χ2v) is 2.84. The van der Waals surface area contributed by atoms with E-state index < -0.39 is 0 Å². The van der Waals surface area contributed by atoms with Crippen LogP contribution in [0.25, 0.3) is 6.08 Å². The molecular weight excluding hydrogens is 146 g/mol. The quantitative estimate of drug-likeness (QED) is 0.703. The minimum atomic E-state index is 1.18. The first kappa shape index (κ1) is 8.85. The van der Waals surface area contributed by atoms with E-state index in [1.54, 1.807) is 0 Å². The van der Waals surface area contributed by atoms with Gasteiger partial charge in [0.2, 0.25) is 0 Å². The lowest BCUT2D eigenvalue weighted by Gasteiger charge is -2.05. The van der Waals surface area contributed by atoms with Gasteiger partial charge in [-0.05, 0) is 31.5 Å². The van der Waals surface area contributed by atoms with Crippen molar-refractivity contribution >= 4 is 11.8 Å². The molecule has 0 fully saturated rings. The molecule has 0 radical (unpaired) electrons. The number of aryl methyl sites for hydroxylation is 1. The first-order valence-corrected chi connectivity index (χ1v) is 4.19. The predicted octanol–water partition coefficient (Wildman–Crippen LogP) is 3.07. The van der Waals surface area contributed by atoms with Crippen molar-refractivity contribution in [1.82, 2.24) is 0 Å². The number of anilines is 1. The zero-order chi connectivity index (χ0) is 8.97. The van der Waals surface area contributed by atoms with Crippen LogP contribution in [0.3, 0.4) is 0 Å². The summed E-state index contributed by atoms with van der Waals surface area (Å²) in [5.74, 6) is 0.